The van der Waals surface area contributed by atoms with Crippen LogP contribution in [-0.4, -0.2) is 61.3 Å². The number of carbonyl (C=O) groups excluding carboxylic acids is 1. The third-order valence-corrected chi connectivity index (χ3v) is 4.06. The van der Waals surface area contributed by atoms with Crippen molar-refractivity contribution in [3.63, 3.8) is 0 Å². The van der Waals surface area contributed by atoms with E-state index in [9.17, 15) is 18.0 Å². The number of anilines is 1. The smallest absolute Gasteiger partial charge is 0.407 e. The maximum absolute atomic E-state index is 11.8. The summed E-state index contributed by atoms with van der Waals surface area (Å²) < 4.78 is 24.9. The summed E-state index contributed by atoms with van der Waals surface area (Å²) in [5.74, 6) is 0.00899. The molecule has 134 valence electrons. The van der Waals surface area contributed by atoms with E-state index in [-0.39, 0.29) is 32.0 Å². The highest BCUT2D eigenvalue weighted by Gasteiger charge is 2.14. The number of rotatable bonds is 9. The average molecular weight is 423 g/mol. The van der Waals surface area contributed by atoms with Gasteiger partial charge in [-0.3, -0.25) is 4.79 Å². The fraction of sp³-hybridized carbons (Fsp3) is 0.462. The Balaban J connectivity index is 2.39. The SMILES string of the molecule is CS(=O)(=O)NCCCN(CCC(=O)Nc1cc(Br)ccn1)C(=O)O. The van der Waals surface area contributed by atoms with Crippen molar-refractivity contribution < 1.29 is 23.1 Å². The van der Waals surface area contributed by atoms with Gasteiger partial charge in [0.25, 0.3) is 0 Å². The summed E-state index contributed by atoms with van der Waals surface area (Å²) in [4.78, 5) is 28.0. The summed E-state index contributed by atoms with van der Waals surface area (Å²) in [5.41, 5.74) is 0. The second kappa shape index (κ2) is 9.55. The second-order valence-corrected chi connectivity index (χ2v) is 7.70. The number of hydrogen-bond acceptors (Lipinski definition) is 5. The highest BCUT2D eigenvalue weighted by atomic mass is 79.9. The van der Waals surface area contributed by atoms with Gasteiger partial charge >= 0.3 is 6.09 Å². The maximum atomic E-state index is 11.8. The monoisotopic (exact) mass is 422 g/mol. The molecule has 0 aliphatic rings. The van der Waals surface area contributed by atoms with Crippen LogP contribution in [0.1, 0.15) is 12.8 Å². The molecule has 2 amide bonds. The molecule has 9 nitrogen and oxygen atoms in total. The van der Waals surface area contributed by atoms with Crippen LogP contribution in [-0.2, 0) is 14.8 Å². The minimum absolute atomic E-state index is 0.00798. The van der Waals surface area contributed by atoms with Gasteiger partial charge in [0.15, 0.2) is 0 Å². The van der Waals surface area contributed by atoms with Gasteiger partial charge < -0.3 is 15.3 Å². The third-order valence-electron chi connectivity index (χ3n) is 2.84. The fourth-order valence-corrected chi connectivity index (χ4v) is 2.60. The Labute approximate surface area is 148 Å². The van der Waals surface area contributed by atoms with Gasteiger partial charge in [0.2, 0.25) is 15.9 Å². The molecule has 0 aliphatic carbocycles. The molecule has 0 aliphatic heterocycles. The van der Waals surface area contributed by atoms with Crippen molar-refractivity contribution in [1.29, 1.82) is 0 Å². The molecule has 0 atom stereocenters. The van der Waals surface area contributed by atoms with Crippen LogP contribution in [0.2, 0.25) is 0 Å². The Morgan fingerprint density at radius 2 is 2.08 bits per heavy atom. The molecule has 0 spiro atoms. The van der Waals surface area contributed by atoms with Gasteiger partial charge in [-0.1, -0.05) is 15.9 Å². The van der Waals surface area contributed by atoms with Crippen molar-refractivity contribution in [2.45, 2.75) is 12.8 Å². The lowest BCUT2D eigenvalue weighted by Gasteiger charge is -2.18. The highest BCUT2D eigenvalue weighted by Crippen LogP contribution is 2.12. The predicted molar refractivity (Wildman–Crippen MR) is 92.2 cm³/mol. The van der Waals surface area contributed by atoms with E-state index in [0.717, 1.165) is 15.6 Å². The zero-order valence-corrected chi connectivity index (χ0v) is 15.4. The van der Waals surface area contributed by atoms with Gasteiger partial charge in [-0.25, -0.2) is 22.9 Å². The Bertz CT molecular complexity index is 683. The molecule has 0 fully saturated rings. The first-order valence-electron chi connectivity index (χ1n) is 7.01. The van der Waals surface area contributed by atoms with E-state index in [1.807, 2.05) is 0 Å². The van der Waals surface area contributed by atoms with Crippen molar-refractivity contribution in [1.82, 2.24) is 14.6 Å². The number of carboxylic acid groups (broad SMARTS) is 1. The number of amides is 2. The zero-order valence-electron chi connectivity index (χ0n) is 13.0. The van der Waals surface area contributed by atoms with Crippen molar-refractivity contribution >= 4 is 43.8 Å². The summed E-state index contributed by atoms with van der Waals surface area (Å²) in [5, 5.41) is 11.7. The van der Waals surface area contributed by atoms with Crippen molar-refractivity contribution in [3.8, 4) is 0 Å². The quantitative estimate of drug-likeness (QED) is 0.510. The van der Waals surface area contributed by atoms with Gasteiger partial charge in [-0.05, 0) is 18.6 Å². The Morgan fingerprint density at radius 1 is 1.38 bits per heavy atom. The first-order chi connectivity index (χ1) is 11.2. The van der Waals surface area contributed by atoms with E-state index in [0.29, 0.717) is 12.2 Å². The summed E-state index contributed by atoms with van der Waals surface area (Å²) >= 11 is 3.26. The van der Waals surface area contributed by atoms with Gasteiger partial charge in [-0.2, -0.15) is 0 Å². The van der Waals surface area contributed by atoms with Gasteiger partial charge in [-0.15, -0.1) is 0 Å². The first kappa shape index (κ1) is 20.3. The molecule has 0 radical (unpaired) electrons. The fourth-order valence-electron chi connectivity index (χ4n) is 1.75. The highest BCUT2D eigenvalue weighted by molar-refractivity contribution is 9.10. The average Bonchev–Trinajstić information content (AvgIpc) is 2.44. The van der Waals surface area contributed by atoms with Crippen LogP contribution in [0.4, 0.5) is 10.6 Å². The Hall–Kier alpha value is -1.72. The second-order valence-electron chi connectivity index (χ2n) is 4.95. The summed E-state index contributed by atoms with van der Waals surface area (Å²) in [7, 11) is -3.30. The molecule has 11 heteroatoms. The molecule has 0 saturated heterocycles. The zero-order chi connectivity index (χ0) is 18.2. The van der Waals surface area contributed by atoms with Crippen molar-refractivity contribution in [2.24, 2.45) is 0 Å². The lowest BCUT2D eigenvalue weighted by Crippen LogP contribution is -2.35. The number of sulfonamides is 1. The molecule has 24 heavy (non-hydrogen) atoms. The topological polar surface area (TPSA) is 129 Å². The first-order valence-corrected chi connectivity index (χ1v) is 9.70. The number of hydrogen-bond donors (Lipinski definition) is 3. The minimum Gasteiger partial charge on any atom is -0.465 e. The number of pyridine rings is 1. The molecule has 3 N–H and O–H groups in total. The van der Waals surface area contributed by atoms with Crippen molar-refractivity contribution in [3.05, 3.63) is 22.8 Å². The number of nitrogens with zero attached hydrogens (tertiary/aromatic N) is 2. The summed E-state index contributed by atoms with van der Waals surface area (Å²) in [6.45, 7) is 0.269. The molecule has 1 heterocycles. The van der Waals surface area contributed by atoms with Crippen LogP contribution in [0.15, 0.2) is 22.8 Å². The molecule has 1 aromatic rings. The molecule has 0 unspecified atom stereocenters. The molecular weight excluding hydrogens is 404 g/mol. The molecule has 1 rings (SSSR count). The Kier molecular flexibility index (Phi) is 8.08. The Morgan fingerprint density at radius 3 is 2.67 bits per heavy atom. The van der Waals surface area contributed by atoms with Crippen LogP contribution in [0, 0.1) is 0 Å². The van der Waals surface area contributed by atoms with Crippen LogP contribution in [0.3, 0.4) is 0 Å². The van der Waals surface area contributed by atoms with E-state index < -0.39 is 16.1 Å². The van der Waals surface area contributed by atoms with E-state index in [4.69, 9.17) is 5.11 Å². The van der Waals surface area contributed by atoms with Crippen LogP contribution < -0.4 is 10.0 Å². The third kappa shape index (κ3) is 8.79. The van der Waals surface area contributed by atoms with Crippen molar-refractivity contribution in [2.75, 3.05) is 31.2 Å². The lowest BCUT2D eigenvalue weighted by molar-refractivity contribution is -0.116. The number of carbonyl (C=O) groups is 2. The standard InChI is InChI=1S/C13H19BrN4O5S/c1-24(22,23)16-5-2-7-18(13(20)21)8-4-12(19)17-11-9-10(14)3-6-15-11/h3,6,9,16H,2,4-5,7-8H2,1H3,(H,20,21)(H,15,17,19). The largest absolute Gasteiger partial charge is 0.465 e. The van der Waals surface area contributed by atoms with Crippen LogP contribution in [0.5, 0.6) is 0 Å². The van der Waals surface area contributed by atoms with E-state index in [1.54, 1.807) is 12.1 Å². The van der Waals surface area contributed by atoms with E-state index >= 15 is 0 Å². The van der Waals surface area contributed by atoms with Gasteiger partial charge in [0, 0.05) is 36.7 Å². The van der Waals surface area contributed by atoms with E-state index in [1.165, 1.54) is 6.20 Å². The summed E-state index contributed by atoms with van der Waals surface area (Å²) in [6, 6.07) is 3.34. The maximum Gasteiger partial charge on any atom is 0.407 e. The van der Waals surface area contributed by atoms with Crippen LogP contribution in [0.25, 0.3) is 0 Å². The molecule has 1 aromatic heterocycles. The predicted octanol–water partition coefficient (Wildman–Crippen LogP) is 1.09. The number of halogens is 1. The molecule has 0 bridgehead atoms. The molecule has 0 saturated carbocycles. The van der Waals surface area contributed by atoms with Gasteiger partial charge in [0.05, 0.1) is 6.26 Å². The summed E-state index contributed by atoms with van der Waals surface area (Å²) in [6.07, 6.45) is 1.68. The van der Waals surface area contributed by atoms with E-state index in [2.05, 4.69) is 31.0 Å². The lowest BCUT2D eigenvalue weighted by atomic mass is 10.3. The molecule has 0 aromatic carbocycles. The minimum atomic E-state index is -3.30. The van der Waals surface area contributed by atoms with Crippen LogP contribution >= 0.6 is 15.9 Å². The number of nitrogens with one attached hydrogen (secondary N) is 2. The molecular formula is C13H19BrN4O5S. The normalized spacial score (nSPS) is 11.1. The number of aromatic nitrogens is 1. The van der Waals surface area contributed by atoms with Gasteiger partial charge in [0.1, 0.15) is 5.82 Å².